The van der Waals surface area contributed by atoms with Crippen LogP contribution in [0.4, 0.5) is 5.13 Å². The van der Waals surface area contributed by atoms with Gasteiger partial charge in [-0.2, -0.15) is 0 Å². The average Bonchev–Trinajstić information content (AvgIpc) is 2.19. The predicted octanol–water partition coefficient (Wildman–Crippen LogP) is 0.970. The molecule has 0 aliphatic heterocycles. The van der Waals surface area contributed by atoms with E-state index in [9.17, 15) is 0 Å². The van der Waals surface area contributed by atoms with Gasteiger partial charge in [-0.05, 0) is 6.92 Å². The molecule has 0 atom stereocenters. The van der Waals surface area contributed by atoms with Gasteiger partial charge in [-0.3, -0.25) is 0 Å². The molecule has 0 aliphatic rings. The highest BCUT2D eigenvalue weighted by atomic mass is 32.1. The minimum Gasteiger partial charge on any atom is -0.360 e. The highest BCUT2D eigenvalue weighted by molar-refractivity contribution is 7.13. The first kappa shape index (κ1) is 5.50. The Kier molecular flexibility index (Phi) is 1.80. The summed E-state index contributed by atoms with van der Waals surface area (Å²) < 4.78 is 0. The minimum absolute atomic E-state index is 0.896. The molecule has 0 spiro atoms. The number of nitrogens with one attached hydrogen (secondary N) is 1. The lowest BCUT2D eigenvalue weighted by molar-refractivity contribution is 1.07. The summed E-state index contributed by atoms with van der Waals surface area (Å²) in [7, 11) is 0. The van der Waals surface area contributed by atoms with Gasteiger partial charge in [0.25, 0.3) is 0 Å². The third-order valence-electron chi connectivity index (χ3n) is 0.688. The van der Waals surface area contributed by atoms with Crippen LogP contribution in [-0.2, 0) is 0 Å². The van der Waals surface area contributed by atoms with Crippen molar-refractivity contribution in [3.63, 3.8) is 0 Å². The van der Waals surface area contributed by atoms with Gasteiger partial charge in [0.1, 0.15) is 5.51 Å². The molecule has 0 fully saturated rings. The highest BCUT2D eigenvalue weighted by Crippen LogP contribution is 2.05. The number of nitrogens with zero attached hydrogens (tertiary/aromatic N) is 2. The fourth-order valence-electron chi connectivity index (χ4n) is 0.401. The van der Waals surface area contributed by atoms with E-state index in [1.807, 2.05) is 6.92 Å². The van der Waals surface area contributed by atoms with Gasteiger partial charge in [0.05, 0.1) is 0 Å². The van der Waals surface area contributed by atoms with Gasteiger partial charge in [0.15, 0.2) is 0 Å². The standard InChI is InChI=1S/C4H7N3S/c1-2-5-4-7-6-3-8-4/h3H,2H2,1H3,(H,5,7). The highest BCUT2D eigenvalue weighted by Gasteiger charge is 1.87. The maximum atomic E-state index is 3.76. The molecule has 1 heterocycles. The largest absolute Gasteiger partial charge is 0.360 e. The maximum absolute atomic E-state index is 3.76. The third-order valence-corrected chi connectivity index (χ3v) is 1.34. The van der Waals surface area contributed by atoms with Gasteiger partial charge in [0.2, 0.25) is 5.13 Å². The first-order valence-electron chi connectivity index (χ1n) is 2.43. The second kappa shape index (κ2) is 2.61. The minimum atomic E-state index is 0.896. The Balaban J connectivity index is 2.50. The maximum Gasteiger partial charge on any atom is 0.205 e. The molecule has 0 saturated carbocycles. The second-order valence-electron chi connectivity index (χ2n) is 1.27. The van der Waals surface area contributed by atoms with Gasteiger partial charge in [-0.1, -0.05) is 11.3 Å². The fraction of sp³-hybridized carbons (Fsp3) is 0.500. The van der Waals surface area contributed by atoms with E-state index in [0.717, 1.165) is 11.7 Å². The molecule has 0 radical (unpaired) electrons. The van der Waals surface area contributed by atoms with Crippen molar-refractivity contribution in [2.75, 3.05) is 11.9 Å². The zero-order valence-corrected chi connectivity index (χ0v) is 5.40. The molecule has 44 valence electrons. The molecular weight excluding hydrogens is 122 g/mol. The summed E-state index contributed by atoms with van der Waals surface area (Å²) in [5, 5.41) is 11.3. The average molecular weight is 129 g/mol. The van der Waals surface area contributed by atoms with Crippen LogP contribution in [0.15, 0.2) is 5.51 Å². The van der Waals surface area contributed by atoms with E-state index >= 15 is 0 Å². The van der Waals surface area contributed by atoms with Gasteiger partial charge in [-0.25, -0.2) is 0 Å². The summed E-state index contributed by atoms with van der Waals surface area (Å²) in [6, 6.07) is 0. The lowest BCUT2D eigenvalue weighted by Gasteiger charge is -1.90. The van der Waals surface area contributed by atoms with Crippen LogP contribution < -0.4 is 5.32 Å². The molecule has 0 aromatic carbocycles. The lowest BCUT2D eigenvalue weighted by atomic mass is 10.8. The Morgan fingerprint density at radius 3 is 3.25 bits per heavy atom. The zero-order chi connectivity index (χ0) is 5.82. The van der Waals surface area contributed by atoms with Crippen molar-refractivity contribution in [2.24, 2.45) is 0 Å². The van der Waals surface area contributed by atoms with E-state index < -0.39 is 0 Å². The zero-order valence-electron chi connectivity index (χ0n) is 4.59. The smallest absolute Gasteiger partial charge is 0.205 e. The van der Waals surface area contributed by atoms with E-state index in [0.29, 0.717) is 0 Å². The Hall–Kier alpha value is -0.640. The van der Waals surface area contributed by atoms with Crippen LogP contribution in [0.1, 0.15) is 6.92 Å². The Morgan fingerprint density at radius 1 is 1.88 bits per heavy atom. The Bertz CT molecular complexity index is 137. The third kappa shape index (κ3) is 1.16. The van der Waals surface area contributed by atoms with Gasteiger partial charge >= 0.3 is 0 Å². The van der Waals surface area contributed by atoms with Crippen LogP contribution in [0, 0.1) is 0 Å². The van der Waals surface area contributed by atoms with Crippen molar-refractivity contribution in [2.45, 2.75) is 6.92 Å². The number of anilines is 1. The van der Waals surface area contributed by atoms with Crippen LogP contribution >= 0.6 is 11.3 Å². The molecule has 1 aromatic heterocycles. The molecule has 1 rings (SSSR count). The topological polar surface area (TPSA) is 37.8 Å². The van der Waals surface area contributed by atoms with Gasteiger partial charge in [0, 0.05) is 6.54 Å². The quantitative estimate of drug-likeness (QED) is 0.646. The number of aromatic nitrogens is 2. The van der Waals surface area contributed by atoms with E-state index in [2.05, 4.69) is 15.5 Å². The van der Waals surface area contributed by atoms with E-state index in [1.165, 1.54) is 11.3 Å². The van der Waals surface area contributed by atoms with Crippen LogP contribution in [0.2, 0.25) is 0 Å². The van der Waals surface area contributed by atoms with Crippen molar-refractivity contribution >= 4 is 16.5 Å². The summed E-state index contributed by atoms with van der Waals surface area (Å²) in [6.07, 6.45) is 0. The van der Waals surface area contributed by atoms with Crippen molar-refractivity contribution in [3.05, 3.63) is 5.51 Å². The van der Waals surface area contributed by atoms with Crippen molar-refractivity contribution in [3.8, 4) is 0 Å². The van der Waals surface area contributed by atoms with E-state index in [1.54, 1.807) is 5.51 Å². The first-order valence-corrected chi connectivity index (χ1v) is 3.31. The predicted molar refractivity (Wildman–Crippen MR) is 34.1 cm³/mol. The summed E-state index contributed by atoms with van der Waals surface area (Å²) in [5.41, 5.74) is 1.71. The molecule has 8 heavy (non-hydrogen) atoms. The van der Waals surface area contributed by atoms with Gasteiger partial charge < -0.3 is 5.32 Å². The Labute approximate surface area is 51.8 Å². The van der Waals surface area contributed by atoms with Crippen LogP contribution in [0.25, 0.3) is 0 Å². The summed E-state index contributed by atoms with van der Waals surface area (Å²) in [4.78, 5) is 0. The Morgan fingerprint density at radius 2 is 2.75 bits per heavy atom. The summed E-state index contributed by atoms with van der Waals surface area (Å²) >= 11 is 1.51. The van der Waals surface area contributed by atoms with Crippen molar-refractivity contribution in [1.82, 2.24) is 10.2 Å². The normalized spacial score (nSPS) is 9.12. The molecule has 0 saturated heterocycles. The van der Waals surface area contributed by atoms with E-state index in [4.69, 9.17) is 0 Å². The van der Waals surface area contributed by atoms with Crippen LogP contribution in [-0.4, -0.2) is 16.7 Å². The number of rotatable bonds is 2. The summed E-state index contributed by atoms with van der Waals surface area (Å²) in [6.45, 7) is 2.94. The van der Waals surface area contributed by atoms with E-state index in [-0.39, 0.29) is 0 Å². The number of hydrogen-bond donors (Lipinski definition) is 1. The molecule has 0 aliphatic carbocycles. The summed E-state index contributed by atoms with van der Waals surface area (Å²) in [5.74, 6) is 0. The van der Waals surface area contributed by atoms with Gasteiger partial charge in [-0.15, -0.1) is 10.2 Å². The molecule has 3 nitrogen and oxygen atoms in total. The molecule has 1 aromatic rings. The first-order chi connectivity index (χ1) is 3.93. The van der Waals surface area contributed by atoms with Crippen molar-refractivity contribution < 1.29 is 0 Å². The SMILES string of the molecule is CCNc1nncs1. The lowest BCUT2D eigenvalue weighted by Crippen LogP contribution is -1.94. The molecule has 1 N–H and O–H groups in total. The molecular formula is C4H7N3S. The molecule has 0 unspecified atom stereocenters. The fourth-order valence-corrected chi connectivity index (χ4v) is 0.917. The molecule has 4 heteroatoms. The van der Waals surface area contributed by atoms with Crippen LogP contribution in [0.3, 0.4) is 0 Å². The second-order valence-corrected chi connectivity index (χ2v) is 2.11. The van der Waals surface area contributed by atoms with Crippen LogP contribution in [0.5, 0.6) is 0 Å². The van der Waals surface area contributed by atoms with Crippen molar-refractivity contribution in [1.29, 1.82) is 0 Å². The molecule has 0 bridgehead atoms. The molecule has 0 amide bonds. The monoisotopic (exact) mass is 129 g/mol. The number of hydrogen-bond acceptors (Lipinski definition) is 4.